The fourth-order valence-electron chi connectivity index (χ4n) is 0.846. The summed E-state index contributed by atoms with van der Waals surface area (Å²) in [7, 11) is 1.96. The van der Waals surface area contributed by atoms with E-state index in [2.05, 4.69) is 34.2 Å². The maximum Gasteiger partial charge on any atom is 0.0704 e. The van der Waals surface area contributed by atoms with Gasteiger partial charge in [0.05, 0.1) is 3.79 Å². The van der Waals surface area contributed by atoms with E-state index in [1.807, 2.05) is 7.05 Å². The number of aryl methyl sites for hydroxylation is 1. The second kappa shape index (κ2) is 3.51. The van der Waals surface area contributed by atoms with Gasteiger partial charge in [-0.15, -0.1) is 11.3 Å². The van der Waals surface area contributed by atoms with Gasteiger partial charge in [-0.25, -0.2) is 0 Å². The molecule has 0 atom stereocenters. The highest BCUT2D eigenvalue weighted by Crippen LogP contribution is 2.25. The Balaban J connectivity index is 2.81. The van der Waals surface area contributed by atoms with E-state index in [9.17, 15) is 0 Å². The van der Waals surface area contributed by atoms with Gasteiger partial charge in [0.1, 0.15) is 0 Å². The van der Waals surface area contributed by atoms with Gasteiger partial charge in [0.2, 0.25) is 0 Å². The second-order valence-electron chi connectivity index (χ2n) is 2.16. The molecule has 1 rings (SSSR count). The normalized spacial score (nSPS) is 10.3. The highest BCUT2D eigenvalue weighted by Gasteiger charge is 2.00. The molecule has 0 aromatic carbocycles. The van der Waals surface area contributed by atoms with Crippen molar-refractivity contribution >= 4 is 27.3 Å². The van der Waals surface area contributed by atoms with Gasteiger partial charge < -0.3 is 5.32 Å². The molecule has 0 spiro atoms. The minimum absolute atomic E-state index is 0.966. The molecule has 0 radical (unpaired) electrons. The van der Waals surface area contributed by atoms with Crippen molar-refractivity contribution in [2.24, 2.45) is 0 Å². The average molecular weight is 220 g/mol. The van der Waals surface area contributed by atoms with E-state index < -0.39 is 0 Å². The molecule has 1 nitrogen and oxygen atoms in total. The average Bonchev–Trinajstić information content (AvgIpc) is 2.13. The third-order valence-electron chi connectivity index (χ3n) is 1.36. The third-order valence-corrected chi connectivity index (χ3v) is 2.95. The summed E-state index contributed by atoms with van der Waals surface area (Å²) in [5.74, 6) is 0. The molecule has 0 fully saturated rings. The van der Waals surface area contributed by atoms with Gasteiger partial charge in [0, 0.05) is 11.4 Å². The molecular formula is C7H10BrNS. The summed E-state index contributed by atoms with van der Waals surface area (Å²) in [6.45, 7) is 3.11. The Morgan fingerprint density at radius 3 is 2.80 bits per heavy atom. The summed E-state index contributed by atoms with van der Waals surface area (Å²) in [4.78, 5) is 1.39. The number of hydrogen-bond acceptors (Lipinski definition) is 2. The smallest absolute Gasteiger partial charge is 0.0704 e. The van der Waals surface area contributed by atoms with E-state index in [1.165, 1.54) is 14.2 Å². The summed E-state index contributed by atoms with van der Waals surface area (Å²) in [6.07, 6.45) is 0. The number of halogens is 1. The SMILES string of the molecule is CNCc1cc(Br)sc1C. The van der Waals surface area contributed by atoms with Crippen LogP contribution in [-0.4, -0.2) is 7.05 Å². The Bertz CT molecular complexity index is 219. The van der Waals surface area contributed by atoms with Crippen molar-refractivity contribution in [3.05, 3.63) is 20.3 Å². The molecule has 0 saturated heterocycles. The summed E-state index contributed by atoms with van der Waals surface area (Å²) in [5, 5.41) is 3.12. The highest BCUT2D eigenvalue weighted by molar-refractivity contribution is 9.11. The minimum atomic E-state index is 0.966. The lowest BCUT2D eigenvalue weighted by atomic mass is 10.3. The standard InChI is InChI=1S/C7H10BrNS/c1-5-6(4-9-2)3-7(8)10-5/h3,9H,4H2,1-2H3. The van der Waals surface area contributed by atoms with Gasteiger partial charge in [0.15, 0.2) is 0 Å². The molecule has 0 bridgehead atoms. The summed E-state index contributed by atoms with van der Waals surface area (Å²) < 4.78 is 1.22. The van der Waals surface area contributed by atoms with Crippen molar-refractivity contribution in [2.75, 3.05) is 7.05 Å². The number of hydrogen-bond donors (Lipinski definition) is 1. The number of nitrogens with one attached hydrogen (secondary N) is 1. The topological polar surface area (TPSA) is 12.0 Å². The lowest BCUT2D eigenvalue weighted by molar-refractivity contribution is 0.816. The van der Waals surface area contributed by atoms with Gasteiger partial charge in [0.25, 0.3) is 0 Å². The highest BCUT2D eigenvalue weighted by atomic mass is 79.9. The predicted molar refractivity (Wildman–Crippen MR) is 49.5 cm³/mol. The van der Waals surface area contributed by atoms with E-state index in [0.29, 0.717) is 0 Å². The molecule has 0 amide bonds. The van der Waals surface area contributed by atoms with Crippen LogP contribution in [-0.2, 0) is 6.54 Å². The van der Waals surface area contributed by atoms with Crippen LogP contribution in [0.4, 0.5) is 0 Å². The Hall–Kier alpha value is 0.140. The van der Waals surface area contributed by atoms with E-state index in [-0.39, 0.29) is 0 Å². The van der Waals surface area contributed by atoms with Crippen LogP contribution in [0.2, 0.25) is 0 Å². The molecule has 56 valence electrons. The quantitative estimate of drug-likeness (QED) is 0.807. The molecule has 1 aromatic rings. The van der Waals surface area contributed by atoms with Gasteiger partial charge in [-0.1, -0.05) is 0 Å². The van der Waals surface area contributed by atoms with Crippen LogP contribution >= 0.6 is 27.3 Å². The molecule has 0 saturated carbocycles. The number of thiophene rings is 1. The summed E-state index contributed by atoms with van der Waals surface area (Å²) in [5.41, 5.74) is 1.39. The zero-order valence-electron chi connectivity index (χ0n) is 6.07. The Kier molecular flexibility index (Phi) is 2.89. The zero-order chi connectivity index (χ0) is 7.56. The number of rotatable bonds is 2. The molecule has 1 heterocycles. The first-order valence-corrected chi connectivity index (χ1v) is 4.74. The lowest BCUT2D eigenvalue weighted by Crippen LogP contribution is -2.04. The maximum atomic E-state index is 3.44. The first-order chi connectivity index (χ1) is 4.74. The lowest BCUT2D eigenvalue weighted by Gasteiger charge is -1.94. The van der Waals surface area contributed by atoms with Crippen molar-refractivity contribution in [1.82, 2.24) is 5.32 Å². The van der Waals surface area contributed by atoms with Crippen LogP contribution in [0.5, 0.6) is 0 Å². The molecular weight excluding hydrogens is 210 g/mol. The van der Waals surface area contributed by atoms with E-state index in [4.69, 9.17) is 0 Å². The molecule has 0 aliphatic rings. The molecule has 0 unspecified atom stereocenters. The Labute approximate surface area is 73.6 Å². The first kappa shape index (κ1) is 8.24. The van der Waals surface area contributed by atoms with Crippen LogP contribution in [0.3, 0.4) is 0 Å². The van der Waals surface area contributed by atoms with Gasteiger partial charge in [-0.05, 0) is 41.5 Å². The summed E-state index contributed by atoms with van der Waals surface area (Å²) >= 11 is 5.23. The van der Waals surface area contributed by atoms with E-state index in [1.54, 1.807) is 11.3 Å². The molecule has 1 N–H and O–H groups in total. The largest absolute Gasteiger partial charge is 0.316 e. The van der Waals surface area contributed by atoms with Gasteiger partial charge in [-0.2, -0.15) is 0 Å². The van der Waals surface area contributed by atoms with Crippen LogP contribution < -0.4 is 5.32 Å². The van der Waals surface area contributed by atoms with Gasteiger partial charge in [-0.3, -0.25) is 0 Å². The molecule has 0 aliphatic carbocycles. The molecule has 10 heavy (non-hydrogen) atoms. The first-order valence-electron chi connectivity index (χ1n) is 3.13. The molecule has 0 aliphatic heterocycles. The fourth-order valence-corrected chi connectivity index (χ4v) is 2.61. The summed E-state index contributed by atoms with van der Waals surface area (Å²) in [6, 6.07) is 2.16. The predicted octanol–water partition coefficient (Wildman–Crippen LogP) is 2.54. The Morgan fingerprint density at radius 2 is 2.40 bits per heavy atom. The van der Waals surface area contributed by atoms with Crippen LogP contribution in [0.1, 0.15) is 10.4 Å². The van der Waals surface area contributed by atoms with E-state index >= 15 is 0 Å². The van der Waals surface area contributed by atoms with Crippen molar-refractivity contribution in [3.8, 4) is 0 Å². The van der Waals surface area contributed by atoms with Crippen LogP contribution in [0.15, 0.2) is 9.85 Å². The fraction of sp³-hybridized carbons (Fsp3) is 0.429. The minimum Gasteiger partial charge on any atom is -0.316 e. The maximum absolute atomic E-state index is 3.44. The molecule has 3 heteroatoms. The van der Waals surface area contributed by atoms with Gasteiger partial charge >= 0.3 is 0 Å². The second-order valence-corrected chi connectivity index (χ2v) is 4.80. The van der Waals surface area contributed by atoms with E-state index in [0.717, 1.165) is 6.54 Å². The van der Waals surface area contributed by atoms with Crippen molar-refractivity contribution in [1.29, 1.82) is 0 Å². The monoisotopic (exact) mass is 219 g/mol. The van der Waals surface area contributed by atoms with Crippen LogP contribution in [0.25, 0.3) is 0 Å². The third kappa shape index (κ3) is 1.81. The van der Waals surface area contributed by atoms with Crippen molar-refractivity contribution in [2.45, 2.75) is 13.5 Å². The zero-order valence-corrected chi connectivity index (χ0v) is 8.47. The Morgan fingerprint density at radius 1 is 1.70 bits per heavy atom. The van der Waals surface area contributed by atoms with Crippen molar-refractivity contribution in [3.63, 3.8) is 0 Å². The molecule has 1 aromatic heterocycles. The van der Waals surface area contributed by atoms with Crippen LogP contribution in [0, 0.1) is 6.92 Å². The van der Waals surface area contributed by atoms with Crippen molar-refractivity contribution < 1.29 is 0 Å².